The van der Waals surface area contributed by atoms with E-state index in [9.17, 15) is 39.5 Å². The van der Waals surface area contributed by atoms with Crippen LogP contribution in [0.5, 0.6) is 0 Å². The summed E-state index contributed by atoms with van der Waals surface area (Å²) in [5.74, 6) is -3.21. The van der Waals surface area contributed by atoms with Crippen LogP contribution in [0.15, 0.2) is 34.8 Å². The van der Waals surface area contributed by atoms with Crippen molar-refractivity contribution in [1.82, 2.24) is 0 Å². The normalized spacial score (nSPS) is 13.2. The van der Waals surface area contributed by atoms with Gasteiger partial charge in [0.1, 0.15) is 0 Å². The Balaban J connectivity index is 3.00. The zero-order valence-corrected chi connectivity index (χ0v) is 14.3. The molecule has 142 valence electrons. The molecular weight excluding hydrogens is 443 g/mol. The van der Waals surface area contributed by atoms with Gasteiger partial charge in [0.2, 0.25) is 0 Å². The highest BCUT2D eigenvalue weighted by molar-refractivity contribution is 9.10. The SMILES string of the molecule is Cc1cc(Br)c(-c2cccc(F)c2F)c(C(F)(C(F)(F)F)C(F)(F)F)c1. The smallest absolute Gasteiger partial charge is 0.218 e. The standard InChI is InChI=1S/C16H8BrF9/c1-7-5-9(14(20,15(21,22)23)16(24,25)26)12(10(17)6-7)8-3-2-4-11(18)13(8)19/h2-6H,1H3. The van der Waals surface area contributed by atoms with E-state index in [1.165, 1.54) is 0 Å². The maximum Gasteiger partial charge on any atom is 0.435 e. The van der Waals surface area contributed by atoms with Gasteiger partial charge in [-0.15, -0.1) is 0 Å². The van der Waals surface area contributed by atoms with Gasteiger partial charge in [0, 0.05) is 21.2 Å². The summed E-state index contributed by atoms with van der Waals surface area (Å²) >= 11 is 2.73. The number of hydrogen-bond donors (Lipinski definition) is 0. The summed E-state index contributed by atoms with van der Waals surface area (Å²) in [5, 5.41) is 0. The molecule has 0 radical (unpaired) electrons. The second-order valence-corrected chi connectivity index (χ2v) is 6.28. The molecule has 0 spiro atoms. The number of alkyl halides is 7. The molecule has 0 aromatic heterocycles. The van der Waals surface area contributed by atoms with E-state index in [0.717, 1.165) is 25.1 Å². The van der Waals surface area contributed by atoms with Gasteiger partial charge in [-0.25, -0.2) is 13.2 Å². The van der Waals surface area contributed by atoms with E-state index in [2.05, 4.69) is 15.9 Å². The highest BCUT2D eigenvalue weighted by Crippen LogP contribution is 2.56. The zero-order chi connectivity index (χ0) is 20.1. The van der Waals surface area contributed by atoms with Crippen LogP contribution in [0.2, 0.25) is 0 Å². The summed E-state index contributed by atoms with van der Waals surface area (Å²) in [6.45, 7) is 1.13. The minimum absolute atomic E-state index is 0.150. The maximum absolute atomic E-state index is 14.6. The van der Waals surface area contributed by atoms with Crippen molar-refractivity contribution in [3.8, 4) is 11.1 Å². The first kappa shape index (κ1) is 20.6. The van der Waals surface area contributed by atoms with Crippen LogP contribution in [-0.4, -0.2) is 12.4 Å². The molecule has 0 N–H and O–H groups in total. The molecule has 2 aromatic carbocycles. The van der Waals surface area contributed by atoms with Crippen LogP contribution in [0.3, 0.4) is 0 Å². The third kappa shape index (κ3) is 3.19. The molecule has 0 aliphatic carbocycles. The first-order valence-electron chi connectivity index (χ1n) is 6.79. The molecule has 0 amide bonds. The highest BCUT2D eigenvalue weighted by atomic mass is 79.9. The fourth-order valence-corrected chi connectivity index (χ4v) is 3.24. The second-order valence-electron chi connectivity index (χ2n) is 5.42. The van der Waals surface area contributed by atoms with E-state index >= 15 is 0 Å². The molecule has 0 saturated carbocycles. The minimum Gasteiger partial charge on any atom is -0.218 e. The lowest BCUT2D eigenvalue weighted by Crippen LogP contribution is -2.50. The Morgan fingerprint density at radius 3 is 1.88 bits per heavy atom. The quantitative estimate of drug-likeness (QED) is 0.432. The molecule has 26 heavy (non-hydrogen) atoms. The summed E-state index contributed by atoms with van der Waals surface area (Å²) in [5.41, 5.74) is -9.84. The molecule has 10 heteroatoms. The Bertz CT molecular complexity index is 823. The van der Waals surface area contributed by atoms with Gasteiger partial charge in [-0.2, -0.15) is 26.3 Å². The average molecular weight is 451 g/mol. The zero-order valence-electron chi connectivity index (χ0n) is 12.7. The minimum atomic E-state index is -6.39. The van der Waals surface area contributed by atoms with E-state index in [1.807, 2.05) is 0 Å². The lowest BCUT2D eigenvalue weighted by atomic mass is 9.85. The second kappa shape index (κ2) is 6.47. The van der Waals surface area contributed by atoms with Crippen LogP contribution in [0.1, 0.15) is 11.1 Å². The van der Waals surface area contributed by atoms with Gasteiger partial charge < -0.3 is 0 Å². The van der Waals surface area contributed by atoms with E-state index in [1.54, 1.807) is 0 Å². The molecule has 0 nitrogen and oxygen atoms in total. The molecule has 0 saturated heterocycles. The molecule has 2 aromatic rings. The van der Waals surface area contributed by atoms with Crippen LogP contribution in [0, 0.1) is 18.6 Å². The third-order valence-corrected chi connectivity index (χ3v) is 4.23. The summed E-state index contributed by atoms with van der Waals surface area (Å²) in [6, 6.07) is 3.63. The largest absolute Gasteiger partial charge is 0.435 e. The number of halogens is 10. The van der Waals surface area contributed by atoms with E-state index in [0.29, 0.717) is 12.1 Å². The van der Waals surface area contributed by atoms with Crippen LogP contribution in [-0.2, 0) is 5.67 Å². The number of rotatable bonds is 2. The number of aryl methyl sites for hydroxylation is 1. The molecule has 0 aliphatic heterocycles. The summed E-state index contributed by atoms with van der Waals surface area (Å²) in [7, 11) is 0. The van der Waals surface area contributed by atoms with Crippen molar-refractivity contribution in [2.75, 3.05) is 0 Å². The summed E-state index contributed by atoms with van der Waals surface area (Å²) in [6.07, 6.45) is -12.8. The Kier molecular flexibility index (Phi) is 5.13. The molecule has 0 atom stereocenters. The first-order valence-corrected chi connectivity index (χ1v) is 7.58. The molecule has 2 rings (SSSR count). The topological polar surface area (TPSA) is 0 Å². The van der Waals surface area contributed by atoms with Gasteiger partial charge >= 0.3 is 18.0 Å². The van der Waals surface area contributed by atoms with Gasteiger partial charge in [-0.3, -0.25) is 0 Å². The highest BCUT2D eigenvalue weighted by Gasteiger charge is 2.74. The van der Waals surface area contributed by atoms with Crippen molar-refractivity contribution in [2.24, 2.45) is 0 Å². The summed E-state index contributed by atoms with van der Waals surface area (Å²) < 4.78 is 121. The van der Waals surface area contributed by atoms with Crippen molar-refractivity contribution in [2.45, 2.75) is 24.9 Å². The molecule has 0 fully saturated rings. The van der Waals surface area contributed by atoms with Gasteiger partial charge in [-0.1, -0.05) is 34.1 Å². The van der Waals surface area contributed by atoms with Crippen molar-refractivity contribution >= 4 is 15.9 Å². The predicted molar refractivity (Wildman–Crippen MR) is 79.1 cm³/mol. The molecule has 0 unspecified atom stereocenters. The molecule has 0 heterocycles. The van der Waals surface area contributed by atoms with E-state index in [4.69, 9.17) is 0 Å². The predicted octanol–water partition coefficient (Wildman–Crippen LogP) is 6.99. The Morgan fingerprint density at radius 1 is 0.846 bits per heavy atom. The van der Waals surface area contributed by atoms with Gasteiger partial charge in [0.05, 0.1) is 0 Å². The monoisotopic (exact) mass is 450 g/mol. The van der Waals surface area contributed by atoms with E-state index in [-0.39, 0.29) is 5.56 Å². The van der Waals surface area contributed by atoms with Crippen molar-refractivity contribution in [3.05, 3.63) is 57.6 Å². The van der Waals surface area contributed by atoms with Crippen LogP contribution >= 0.6 is 15.9 Å². The fourth-order valence-electron chi connectivity index (χ4n) is 2.45. The lowest BCUT2D eigenvalue weighted by Gasteiger charge is -2.32. The Hall–Kier alpha value is -1.71. The Labute approximate surface area is 149 Å². The summed E-state index contributed by atoms with van der Waals surface area (Å²) in [4.78, 5) is 0. The fraction of sp³-hybridized carbons (Fsp3) is 0.250. The van der Waals surface area contributed by atoms with Gasteiger partial charge in [0.25, 0.3) is 0 Å². The van der Waals surface area contributed by atoms with Crippen molar-refractivity contribution in [1.29, 1.82) is 0 Å². The molecule has 0 bridgehead atoms. The lowest BCUT2D eigenvalue weighted by molar-refractivity contribution is -0.348. The third-order valence-electron chi connectivity index (χ3n) is 3.61. The van der Waals surface area contributed by atoms with Crippen molar-refractivity contribution in [3.63, 3.8) is 0 Å². The first-order chi connectivity index (χ1) is 11.7. The molecular formula is C16H8BrF9. The van der Waals surface area contributed by atoms with Crippen LogP contribution in [0.25, 0.3) is 11.1 Å². The van der Waals surface area contributed by atoms with Crippen molar-refractivity contribution < 1.29 is 39.5 Å². The van der Waals surface area contributed by atoms with Gasteiger partial charge in [-0.05, 0) is 24.6 Å². The van der Waals surface area contributed by atoms with E-state index < -0.39 is 50.8 Å². The average Bonchev–Trinajstić information content (AvgIpc) is 2.47. The Morgan fingerprint density at radius 2 is 1.38 bits per heavy atom. The van der Waals surface area contributed by atoms with Gasteiger partial charge in [0.15, 0.2) is 11.6 Å². The van der Waals surface area contributed by atoms with Crippen LogP contribution in [0.4, 0.5) is 39.5 Å². The maximum atomic E-state index is 14.6. The molecule has 0 aliphatic rings. The van der Waals surface area contributed by atoms with Crippen LogP contribution < -0.4 is 0 Å². The number of hydrogen-bond acceptors (Lipinski definition) is 0. The number of benzene rings is 2.